The van der Waals surface area contributed by atoms with Gasteiger partial charge in [0, 0.05) is 22.0 Å². The molecule has 0 amide bonds. The maximum absolute atomic E-state index is 14.0. The Balaban J connectivity index is 1.75. The summed E-state index contributed by atoms with van der Waals surface area (Å²) in [6.07, 6.45) is 2.28. The molecule has 3 heteroatoms. The lowest BCUT2D eigenvalue weighted by Gasteiger charge is -2.28. The molecule has 150 valence electrons. The SMILES string of the molecule is Cc1ccccc1C(=O)C(c1c(-c2ccccc2)[nH]c2ccccc12)N1CCCC1. The first-order valence-electron chi connectivity index (χ1n) is 10.7. The van der Waals surface area contributed by atoms with Gasteiger partial charge in [0.2, 0.25) is 0 Å². The second-order valence-electron chi connectivity index (χ2n) is 8.15. The van der Waals surface area contributed by atoms with Gasteiger partial charge in [-0.25, -0.2) is 0 Å². The lowest BCUT2D eigenvalue weighted by molar-refractivity contribution is 0.0849. The number of hydrogen-bond acceptors (Lipinski definition) is 2. The van der Waals surface area contributed by atoms with E-state index in [2.05, 4.69) is 52.3 Å². The van der Waals surface area contributed by atoms with Crippen molar-refractivity contribution < 1.29 is 4.79 Å². The zero-order chi connectivity index (χ0) is 20.5. The fourth-order valence-electron chi connectivity index (χ4n) is 4.76. The van der Waals surface area contributed by atoms with Gasteiger partial charge in [-0.2, -0.15) is 0 Å². The molecule has 3 aromatic carbocycles. The number of aromatic nitrogens is 1. The van der Waals surface area contributed by atoms with Gasteiger partial charge in [0.15, 0.2) is 5.78 Å². The van der Waals surface area contributed by atoms with Crippen LogP contribution in [-0.4, -0.2) is 28.8 Å². The molecule has 0 spiro atoms. The Bertz CT molecular complexity index is 1190. The Morgan fingerprint density at radius 1 is 0.867 bits per heavy atom. The molecule has 1 unspecified atom stereocenters. The molecule has 1 saturated heterocycles. The topological polar surface area (TPSA) is 36.1 Å². The Kier molecular flexibility index (Phi) is 4.97. The highest BCUT2D eigenvalue weighted by molar-refractivity contribution is 6.06. The van der Waals surface area contributed by atoms with Crippen LogP contribution < -0.4 is 0 Å². The highest BCUT2D eigenvalue weighted by atomic mass is 16.1. The first-order valence-corrected chi connectivity index (χ1v) is 10.7. The summed E-state index contributed by atoms with van der Waals surface area (Å²) in [7, 11) is 0. The number of hydrogen-bond donors (Lipinski definition) is 1. The van der Waals surface area contributed by atoms with Crippen LogP contribution in [0.1, 0.15) is 40.4 Å². The van der Waals surface area contributed by atoms with E-state index in [1.165, 1.54) is 0 Å². The summed E-state index contributed by atoms with van der Waals surface area (Å²) in [5.41, 5.74) is 6.20. The number of Topliss-reactive ketones (excluding diaryl/α,β-unsaturated/α-hetero) is 1. The average Bonchev–Trinajstić information content (AvgIpc) is 3.44. The lowest BCUT2D eigenvalue weighted by atomic mass is 9.90. The van der Waals surface area contributed by atoms with Gasteiger partial charge in [-0.15, -0.1) is 0 Å². The van der Waals surface area contributed by atoms with Gasteiger partial charge in [0.25, 0.3) is 0 Å². The van der Waals surface area contributed by atoms with E-state index in [-0.39, 0.29) is 11.8 Å². The number of aromatic amines is 1. The van der Waals surface area contributed by atoms with Gasteiger partial charge < -0.3 is 4.98 Å². The van der Waals surface area contributed by atoms with Gasteiger partial charge in [0.1, 0.15) is 6.04 Å². The molecule has 5 rings (SSSR count). The summed E-state index contributed by atoms with van der Waals surface area (Å²) in [5, 5.41) is 1.13. The molecule has 4 aromatic rings. The largest absolute Gasteiger partial charge is 0.354 e. The molecular weight excluding hydrogens is 368 g/mol. The van der Waals surface area contributed by atoms with Crippen LogP contribution in [0.2, 0.25) is 0 Å². The summed E-state index contributed by atoms with van der Waals surface area (Å²) < 4.78 is 0. The molecule has 30 heavy (non-hydrogen) atoms. The van der Waals surface area contributed by atoms with E-state index in [1.807, 2.05) is 43.3 Å². The monoisotopic (exact) mass is 394 g/mol. The van der Waals surface area contributed by atoms with Crippen molar-refractivity contribution in [3.8, 4) is 11.3 Å². The fourth-order valence-corrected chi connectivity index (χ4v) is 4.76. The predicted molar refractivity (Wildman–Crippen MR) is 123 cm³/mol. The zero-order valence-electron chi connectivity index (χ0n) is 17.3. The minimum absolute atomic E-state index is 0.192. The van der Waals surface area contributed by atoms with Crippen molar-refractivity contribution >= 4 is 16.7 Å². The van der Waals surface area contributed by atoms with Gasteiger partial charge in [0.05, 0.1) is 5.69 Å². The number of nitrogens with zero attached hydrogens (tertiary/aromatic N) is 1. The second-order valence-corrected chi connectivity index (χ2v) is 8.15. The van der Waals surface area contributed by atoms with Crippen molar-refractivity contribution in [2.45, 2.75) is 25.8 Å². The first-order chi connectivity index (χ1) is 14.7. The lowest BCUT2D eigenvalue weighted by Crippen LogP contribution is -2.32. The number of benzene rings is 3. The van der Waals surface area contributed by atoms with Crippen LogP contribution >= 0.6 is 0 Å². The minimum atomic E-state index is -0.292. The Morgan fingerprint density at radius 2 is 1.53 bits per heavy atom. The molecule has 1 aromatic heterocycles. The molecule has 1 aliphatic rings. The van der Waals surface area contributed by atoms with Crippen molar-refractivity contribution in [1.29, 1.82) is 0 Å². The van der Waals surface area contributed by atoms with Crippen molar-refractivity contribution in [1.82, 2.24) is 9.88 Å². The number of para-hydroxylation sites is 1. The summed E-state index contributed by atoms with van der Waals surface area (Å²) in [4.78, 5) is 20.0. The van der Waals surface area contributed by atoms with Crippen LogP contribution in [0, 0.1) is 6.92 Å². The van der Waals surface area contributed by atoms with E-state index in [0.717, 1.165) is 64.8 Å². The maximum atomic E-state index is 14.0. The number of nitrogens with one attached hydrogen (secondary N) is 1. The van der Waals surface area contributed by atoms with Crippen molar-refractivity contribution in [2.24, 2.45) is 0 Å². The second kappa shape index (κ2) is 7.92. The van der Waals surface area contributed by atoms with Gasteiger partial charge in [-0.1, -0.05) is 72.8 Å². The van der Waals surface area contributed by atoms with E-state index in [1.54, 1.807) is 0 Å². The molecule has 1 atom stereocenters. The summed E-state index contributed by atoms with van der Waals surface area (Å²) >= 11 is 0. The van der Waals surface area contributed by atoms with E-state index in [9.17, 15) is 4.79 Å². The van der Waals surface area contributed by atoms with Crippen LogP contribution in [0.5, 0.6) is 0 Å². The molecule has 0 aliphatic carbocycles. The Morgan fingerprint density at radius 3 is 2.30 bits per heavy atom. The normalized spacial score (nSPS) is 15.5. The number of aryl methyl sites for hydroxylation is 1. The van der Waals surface area contributed by atoms with Gasteiger partial charge >= 0.3 is 0 Å². The number of carbonyl (C=O) groups is 1. The highest BCUT2D eigenvalue weighted by Gasteiger charge is 2.35. The average molecular weight is 395 g/mol. The third-order valence-corrected chi connectivity index (χ3v) is 6.25. The maximum Gasteiger partial charge on any atom is 0.184 e. The first kappa shape index (κ1) is 18.8. The molecule has 0 bridgehead atoms. The molecule has 0 saturated carbocycles. The number of fused-ring (bicyclic) bond motifs is 1. The van der Waals surface area contributed by atoms with Crippen LogP contribution in [0.25, 0.3) is 22.2 Å². The van der Waals surface area contributed by atoms with E-state index < -0.39 is 0 Å². The smallest absolute Gasteiger partial charge is 0.184 e. The summed E-state index contributed by atoms with van der Waals surface area (Å²) in [6, 6.07) is 26.4. The standard InChI is InChI=1S/C27H26N2O/c1-19-11-5-6-14-21(19)27(30)26(29-17-9-10-18-29)24-22-15-7-8-16-23(22)28-25(24)20-12-3-2-4-13-20/h2-8,11-16,26,28H,9-10,17-18H2,1H3. The number of likely N-dealkylation sites (tertiary alicyclic amines) is 1. The summed E-state index contributed by atoms with van der Waals surface area (Å²) in [5.74, 6) is 0.192. The van der Waals surface area contributed by atoms with E-state index in [4.69, 9.17) is 0 Å². The highest BCUT2D eigenvalue weighted by Crippen LogP contribution is 2.40. The van der Waals surface area contributed by atoms with Crippen LogP contribution in [0.3, 0.4) is 0 Å². The predicted octanol–water partition coefficient (Wildman–Crippen LogP) is 6.16. The Hall–Kier alpha value is -3.17. The quantitative estimate of drug-likeness (QED) is 0.411. The van der Waals surface area contributed by atoms with Crippen molar-refractivity contribution in [3.05, 3.63) is 95.6 Å². The molecule has 1 N–H and O–H groups in total. The molecular formula is C27H26N2O. The fraction of sp³-hybridized carbons (Fsp3) is 0.222. The number of H-pyrrole nitrogens is 1. The van der Waals surface area contributed by atoms with Crippen molar-refractivity contribution in [2.75, 3.05) is 13.1 Å². The van der Waals surface area contributed by atoms with Crippen LogP contribution in [0.4, 0.5) is 0 Å². The molecule has 0 radical (unpaired) electrons. The molecule has 1 aliphatic heterocycles. The molecule has 2 heterocycles. The van der Waals surface area contributed by atoms with Gasteiger partial charge in [-0.3, -0.25) is 9.69 Å². The number of rotatable bonds is 5. The van der Waals surface area contributed by atoms with E-state index >= 15 is 0 Å². The van der Waals surface area contributed by atoms with Crippen molar-refractivity contribution in [3.63, 3.8) is 0 Å². The molecule has 1 fully saturated rings. The minimum Gasteiger partial charge on any atom is -0.354 e. The van der Waals surface area contributed by atoms with Gasteiger partial charge in [-0.05, 0) is 50.0 Å². The third-order valence-electron chi connectivity index (χ3n) is 6.25. The Labute approximate surface area is 177 Å². The molecule has 3 nitrogen and oxygen atoms in total. The third kappa shape index (κ3) is 3.25. The van der Waals surface area contributed by atoms with E-state index in [0.29, 0.717) is 0 Å². The summed E-state index contributed by atoms with van der Waals surface area (Å²) in [6.45, 7) is 3.94. The van der Waals surface area contributed by atoms with Crippen LogP contribution in [0.15, 0.2) is 78.9 Å². The zero-order valence-corrected chi connectivity index (χ0v) is 17.3. The van der Waals surface area contributed by atoms with Crippen LogP contribution in [-0.2, 0) is 0 Å². The number of carbonyl (C=O) groups excluding carboxylic acids is 1. The number of ketones is 1.